The van der Waals surface area contributed by atoms with Crippen LogP contribution in [0.1, 0.15) is 29.0 Å². The average molecular weight is 434 g/mol. The summed E-state index contributed by atoms with van der Waals surface area (Å²) in [5.74, 6) is 0.778. The molecule has 1 aliphatic carbocycles. The maximum Gasteiger partial charge on any atom is 0.407 e. The van der Waals surface area contributed by atoms with Crippen molar-refractivity contribution in [2.24, 2.45) is 0 Å². The van der Waals surface area contributed by atoms with E-state index in [9.17, 15) is 4.79 Å². The molecule has 0 saturated carbocycles. The zero-order valence-electron chi connectivity index (χ0n) is 17.3. The summed E-state index contributed by atoms with van der Waals surface area (Å²) < 4.78 is 10.8. The zero-order chi connectivity index (χ0) is 21.6. The number of fused-ring (bicyclic) bond motifs is 3. The Bertz CT molecular complexity index is 1060. The molecular formula is C26H24ClNO3. The number of nitrogens with one attached hydrogen (secondary N) is 1. The third-order valence-corrected chi connectivity index (χ3v) is 5.58. The van der Waals surface area contributed by atoms with Gasteiger partial charge in [-0.05, 0) is 52.4 Å². The number of alkyl carbamates (subject to hydrolysis) is 1. The van der Waals surface area contributed by atoms with Crippen molar-refractivity contribution in [1.82, 2.24) is 5.32 Å². The molecule has 1 N–H and O–H groups in total. The van der Waals surface area contributed by atoms with Crippen LogP contribution >= 0.6 is 11.6 Å². The number of amides is 1. The summed E-state index contributed by atoms with van der Waals surface area (Å²) in [4.78, 5) is 12.2. The maximum atomic E-state index is 12.2. The molecule has 0 aromatic heterocycles. The molecule has 0 bridgehead atoms. The molecule has 31 heavy (non-hydrogen) atoms. The lowest BCUT2D eigenvalue weighted by Gasteiger charge is -2.14. The number of hydrogen-bond donors (Lipinski definition) is 1. The highest BCUT2D eigenvalue weighted by atomic mass is 35.5. The van der Waals surface area contributed by atoms with Crippen LogP contribution in [0.25, 0.3) is 17.2 Å². The minimum Gasteiger partial charge on any atom is -0.497 e. The fourth-order valence-electron chi connectivity index (χ4n) is 3.92. The molecule has 0 aliphatic heterocycles. The lowest BCUT2D eigenvalue weighted by Crippen LogP contribution is -2.26. The van der Waals surface area contributed by atoms with E-state index in [1.165, 1.54) is 22.3 Å². The van der Waals surface area contributed by atoms with Crippen LogP contribution in [-0.2, 0) is 4.74 Å². The van der Waals surface area contributed by atoms with Crippen molar-refractivity contribution >= 4 is 23.8 Å². The first-order valence-electron chi connectivity index (χ1n) is 10.3. The van der Waals surface area contributed by atoms with E-state index >= 15 is 0 Å². The fraction of sp³-hybridized carbons (Fsp3) is 0.192. The quantitative estimate of drug-likeness (QED) is 0.445. The van der Waals surface area contributed by atoms with E-state index in [4.69, 9.17) is 21.1 Å². The van der Waals surface area contributed by atoms with Crippen molar-refractivity contribution in [3.8, 4) is 16.9 Å². The Morgan fingerprint density at radius 1 is 1.03 bits per heavy atom. The maximum absolute atomic E-state index is 12.2. The van der Waals surface area contributed by atoms with Gasteiger partial charge in [0.2, 0.25) is 0 Å². The van der Waals surface area contributed by atoms with E-state index in [1.54, 1.807) is 13.2 Å². The van der Waals surface area contributed by atoms with E-state index < -0.39 is 6.09 Å². The van der Waals surface area contributed by atoms with E-state index in [2.05, 4.69) is 29.6 Å². The second-order valence-electron chi connectivity index (χ2n) is 7.37. The highest BCUT2D eigenvalue weighted by Crippen LogP contribution is 2.44. The van der Waals surface area contributed by atoms with Crippen molar-refractivity contribution in [2.45, 2.75) is 12.3 Å². The van der Waals surface area contributed by atoms with Crippen LogP contribution < -0.4 is 10.1 Å². The molecule has 0 atom stereocenters. The van der Waals surface area contributed by atoms with Crippen molar-refractivity contribution in [1.29, 1.82) is 0 Å². The summed E-state index contributed by atoms with van der Waals surface area (Å²) in [5, 5.41) is 3.43. The highest BCUT2D eigenvalue weighted by molar-refractivity contribution is 6.30. The van der Waals surface area contributed by atoms with Crippen LogP contribution in [0.2, 0.25) is 5.02 Å². The largest absolute Gasteiger partial charge is 0.497 e. The van der Waals surface area contributed by atoms with Gasteiger partial charge < -0.3 is 14.8 Å². The Morgan fingerprint density at radius 2 is 1.71 bits per heavy atom. The summed E-state index contributed by atoms with van der Waals surface area (Å²) in [5.41, 5.74) is 5.79. The molecule has 158 valence electrons. The molecule has 0 radical (unpaired) electrons. The number of carbonyl (C=O) groups is 1. The second kappa shape index (κ2) is 9.71. The van der Waals surface area contributed by atoms with Crippen molar-refractivity contribution in [3.63, 3.8) is 0 Å². The van der Waals surface area contributed by atoms with Gasteiger partial charge in [0.25, 0.3) is 0 Å². The predicted octanol–water partition coefficient (Wildman–Crippen LogP) is 6.29. The average Bonchev–Trinajstić information content (AvgIpc) is 3.11. The van der Waals surface area contributed by atoms with Crippen LogP contribution in [-0.4, -0.2) is 26.4 Å². The van der Waals surface area contributed by atoms with Crippen LogP contribution in [0.5, 0.6) is 5.75 Å². The first-order chi connectivity index (χ1) is 15.2. The lowest BCUT2D eigenvalue weighted by atomic mass is 9.98. The van der Waals surface area contributed by atoms with Gasteiger partial charge in [-0.3, -0.25) is 0 Å². The molecule has 5 heteroatoms. The molecule has 4 rings (SSSR count). The minimum absolute atomic E-state index is 0.0656. The van der Waals surface area contributed by atoms with Crippen LogP contribution in [0.3, 0.4) is 0 Å². The molecule has 3 aromatic rings. The van der Waals surface area contributed by atoms with E-state index in [0.29, 0.717) is 30.3 Å². The SMILES string of the molecule is COc1cc(Cl)cc(C=CCCNC(=O)OCC2c3ccccc3-c3ccccc32)c1. The number of benzene rings is 3. The summed E-state index contributed by atoms with van der Waals surface area (Å²) in [6.07, 6.45) is 4.21. The van der Waals surface area contributed by atoms with Crippen LogP contribution in [0, 0.1) is 0 Å². The van der Waals surface area contributed by atoms with Crippen molar-refractivity contribution in [2.75, 3.05) is 20.3 Å². The molecule has 3 aromatic carbocycles. The Kier molecular flexibility index (Phi) is 6.58. The Balaban J connectivity index is 1.27. The molecule has 0 saturated heterocycles. The van der Waals surface area contributed by atoms with Crippen molar-refractivity contribution < 1.29 is 14.3 Å². The number of halogens is 1. The normalized spacial score (nSPS) is 12.5. The van der Waals surface area contributed by atoms with Crippen molar-refractivity contribution in [3.05, 3.63) is 94.5 Å². The van der Waals surface area contributed by atoms with E-state index in [1.807, 2.05) is 48.6 Å². The fourth-order valence-corrected chi connectivity index (χ4v) is 4.16. The minimum atomic E-state index is -0.403. The van der Waals surface area contributed by atoms with Gasteiger partial charge in [0, 0.05) is 17.5 Å². The monoisotopic (exact) mass is 433 g/mol. The number of methoxy groups -OCH3 is 1. The molecule has 4 nitrogen and oxygen atoms in total. The Labute approximate surface area is 187 Å². The first kappa shape index (κ1) is 21.0. The predicted molar refractivity (Wildman–Crippen MR) is 125 cm³/mol. The smallest absolute Gasteiger partial charge is 0.407 e. The van der Waals surface area contributed by atoms with E-state index in [-0.39, 0.29) is 5.92 Å². The standard InChI is InChI=1S/C26H24ClNO3/c1-30-20-15-18(14-19(27)16-20)8-6-7-13-28-26(29)31-17-25-23-11-4-2-9-21(23)22-10-3-5-12-24(22)25/h2-6,8-12,14-16,25H,7,13,17H2,1H3,(H,28,29). The van der Waals surface area contributed by atoms with Gasteiger partial charge in [0.05, 0.1) is 7.11 Å². The number of hydrogen-bond acceptors (Lipinski definition) is 3. The number of carbonyl (C=O) groups excluding carboxylic acids is 1. The number of rotatable bonds is 7. The Morgan fingerprint density at radius 3 is 2.39 bits per heavy atom. The van der Waals surface area contributed by atoms with Crippen LogP contribution in [0.4, 0.5) is 4.79 Å². The van der Waals surface area contributed by atoms with Gasteiger partial charge >= 0.3 is 6.09 Å². The molecule has 1 amide bonds. The molecule has 0 spiro atoms. The van der Waals surface area contributed by atoms with Crippen LogP contribution in [0.15, 0.2) is 72.8 Å². The molecule has 1 aliphatic rings. The third-order valence-electron chi connectivity index (χ3n) is 5.36. The van der Waals surface area contributed by atoms with E-state index in [0.717, 1.165) is 5.56 Å². The topological polar surface area (TPSA) is 47.6 Å². The molecule has 0 unspecified atom stereocenters. The third kappa shape index (κ3) is 4.92. The zero-order valence-corrected chi connectivity index (χ0v) is 18.1. The number of ether oxygens (including phenoxy) is 2. The second-order valence-corrected chi connectivity index (χ2v) is 7.80. The molecule has 0 fully saturated rings. The van der Waals surface area contributed by atoms with Gasteiger partial charge in [0.1, 0.15) is 12.4 Å². The first-order valence-corrected chi connectivity index (χ1v) is 10.6. The highest BCUT2D eigenvalue weighted by Gasteiger charge is 2.28. The van der Waals surface area contributed by atoms with Gasteiger partial charge in [-0.2, -0.15) is 0 Å². The molecule has 0 heterocycles. The van der Waals surface area contributed by atoms with Gasteiger partial charge in [-0.25, -0.2) is 4.79 Å². The summed E-state index contributed by atoms with van der Waals surface area (Å²) in [6, 6.07) is 22.1. The molecular weight excluding hydrogens is 410 g/mol. The summed E-state index contributed by atoms with van der Waals surface area (Å²) in [7, 11) is 1.61. The summed E-state index contributed by atoms with van der Waals surface area (Å²) >= 11 is 6.07. The van der Waals surface area contributed by atoms with Gasteiger partial charge in [-0.1, -0.05) is 72.3 Å². The van der Waals surface area contributed by atoms with Gasteiger partial charge in [0.15, 0.2) is 0 Å². The van der Waals surface area contributed by atoms with Gasteiger partial charge in [-0.15, -0.1) is 0 Å². The lowest BCUT2D eigenvalue weighted by molar-refractivity contribution is 0.143. The Hall–Kier alpha value is -3.24. The summed E-state index contributed by atoms with van der Waals surface area (Å²) in [6.45, 7) is 0.808.